The van der Waals surface area contributed by atoms with Gasteiger partial charge in [0.25, 0.3) is 17.8 Å². The summed E-state index contributed by atoms with van der Waals surface area (Å²) in [6.07, 6.45) is -5.33. The highest BCUT2D eigenvalue weighted by molar-refractivity contribution is 6.05. The highest BCUT2D eigenvalue weighted by Gasteiger charge is 2.31. The number of ether oxygens (including phenoxy) is 2. The maximum Gasteiger partial charge on any atom is 0.573 e. The van der Waals surface area contributed by atoms with E-state index in [9.17, 15) is 27.6 Å². The Hall–Kier alpha value is -5.40. The molecule has 0 saturated carbocycles. The molecular weight excluding hydrogens is 617 g/mol. The first-order valence-electron chi connectivity index (χ1n) is 14.6. The number of carbonyl (C=O) groups excluding carboxylic acids is 3. The molecule has 0 unspecified atom stereocenters. The lowest BCUT2D eigenvalue weighted by Gasteiger charge is -2.30. The number of aromatic nitrogens is 3. The molecular formula is C33H35F3N6O5. The highest BCUT2D eigenvalue weighted by atomic mass is 19.4. The molecule has 1 heterocycles. The molecule has 47 heavy (non-hydrogen) atoms. The third kappa shape index (κ3) is 9.55. The van der Waals surface area contributed by atoms with E-state index in [0.29, 0.717) is 11.1 Å². The second-order valence-corrected chi connectivity index (χ2v) is 11.8. The zero-order valence-corrected chi connectivity index (χ0v) is 26.7. The number of anilines is 2. The third-order valence-corrected chi connectivity index (χ3v) is 6.58. The summed E-state index contributed by atoms with van der Waals surface area (Å²) >= 11 is 0. The van der Waals surface area contributed by atoms with E-state index in [1.54, 1.807) is 81.1 Å². The molecule has 0 aliphatic rings. The lowest BCUT2D eigenvalue weighted by molar-refractivity contribution is -0.274. The average Bonchev–Trinajstić information content (AvgIpc) is 3.36. The van der Waals surface area contributed by atoms with Gasteiger partial charge in [-0.2, -0.15) is 9.67 Å². The molecule has 4 rings (SSSR count). The van der Waals surface area contributed by atoms with Gasteiger partial charge in [-0.15, -0.1) is 18.3 Å². The molecule has 1 aromatic heterocycles. The van der Waals surface area contributed by atoms with Crippen LogP contribution in [-0.4, -0.2) is 55.6 Å². The summed E-state index contributed by atoms with van der Waals surface area (Å²) < 4.78 is 48.6. The van der Waals surface area contributed by atoms with Crippen molar-refractivity contribution in [3.8, 4) is 11.4 Å². The number of aryl methyl sites for hydroxylation is 1. The van der Waals surface area contributed by atoms with Crippen LogP contribution in [0.2, 0.25) is 0 Å². The molecule has 0 atom stereocenters. The lowest BCUT2D eigenvalue weighted by atomic mass is 10.1. The largest absolute Gasteiger partial charge is 0.573 e. The standard InChI is InChI=1S/C33H35F3N6O5/c1-20(2)41(31(45)47-32(4,5)6)19-22-11-13-23(14-12-22)27(43)37-29-39-30(38-28(44)26-10-8-7-9-21(26)3)42(40-29)24-15-17-25(18-16-24)46-33(34,35)36/h7-18,20H,19H2,1-6H3,(H2,37,38,39,40,43,44). The molecule has 4 aromatic rings. The van der Waals surface area contributed by atoms with Gasteiger partial charge >= 0.3 is 12.5 Å². The van der Waals surface area contributed by atoms with Gasteiger partial charge in [-0.05, 0) is 95.1 Å². The third-order valence-electron chi connectivity index (χ3n) is 6.58. The monoisotopic (exact) mass is 652 g/mol. The Labute approximate surface area is 269 Å². The van der Waals surface area contributed by atoms with Crippen LogP contribution in [0.5, 0.6) is 5.75 Å². The van der Waals surface area contributed by atoms with Gasteiger partial charge in [-0.1, -0.05) is 30.3 Å². The minimum Gasteiger partial charge on any atom is -0.444 e. The number of hydrogen-bond donors (Lipinski definition) is 2. The van der Waals surface area contributed by atoms with E-state index >= 15 is 0 Å². The number of amides is 3. The molecule has 0 saturated heterocycles. The first-order chi connectivity index (χ1) is 22.0. The normalized spacial score (nSPS) is 11.6. The number of carbonyl (C=O) groups is 3. The quantitative estimate of drug-likeness (QED) is 0.197. The Bertz CT molecular complexity index is 1730. The first kappa shape index (κ1) is 34.5. The fourth-order valence-electron chi connectivity index (χ4n) is 4.32. The number of hydrogen-bond acceptors (Lipinski definition) is 7. The van der Waals surface area contributed by atoms with Crippen LogP contribution in [0, 0.1) is 6.92 Å². The van der Waals surface area contributed by atoms with Gasteiger partial charge in [-0.25, -0.2) is 4.79 Å². The zero-order chi connectivity index (χ0) is 34.5. The fraction of sp³-hybridized carbons (Fsp3) is 0.303. The predicted octanol–water partition coefficient (Wildman–Crippen LogP) is 7.12. The van der Waals surface area contributed by atoms with Crippen LogP contribution in [0.4, 0.5) is 29.9 Å². The van der Waals surface area contributed by atoms with Crippen LogP contribution < -0.4 is 15.4 Å². The first-order valence-corrected chi connectivity index (χ1v) is 14.6. The van der Waals surface area contributed by atoms with Crippen LogP contribution >= 0.6 is 0 Å². The molecule has 14 heteroatoms. The van der Waals surface area contributed by atoms with E-state index in [-0.39, 0.29) is 35.7 Å². The number of rotatable bonds is 9. The second-order valence-electron chi connectivity index (χ2n) is 11.8. The number of nitrogens with one attached hydrogen (secondary N) is 2. The maximum absolute atomic E-state index is 13.1. The summed E-state index contributed by atoms with van der Waals surface area (Å²) in [7, 11) is 0. The van der Waals surface area contributed by atoms with Crippen molar-refractivity contribution in [1.82, 2.24) is 19.7 Å². The molecule has 0 aliphatic carbocycles. The van der Waals surface area contributed by atoms with Crippen LogP contribution in [-0.2, 0) is 11.3 Å². The molecule has 0 spiro atoms. The molecule has 0 aliphatic heterocycles. The molecule has 2 N–H and O–H groups in total. The summed E-state index contributed by atoms with van der Waals surface area (Å²) in [6, 6.07) is 18.0. The van der Waals surface area contributed by atoms with Gasteiger partial charge < -0.3 is 14.4 Å². The van der Waals surface area contributed by atoms with Gasteiger partial charge in [-0.3, -0.25) is 20.2 Å². The van der Waals surface area contributed by atoms with E-state index < -0.39 is 35.6 Å². The van der Waals surface area contributed by atoms with E-state index in [0.717, 1.165) is 17.7 Å². The maximum atomic E-state index is 13.1. The van der Waals surface area contributed by atoms with E-state index in [1.165, 1.54) is 16.8 Å². The minimum absolute atomic E-state index is 0.0932. The number of halogens is 3. The van der Waals surface area contributed by atoms with E-state index in [2.05, 4.69) is 25.5 Å². The second kappa shape index (κ2) is 13.9. The van der Waals surface area contributed by atoms with Crippen LogP contribution in [0.15, 0.2) is 72.8 Å². The Morgan fingerprint density at radius 1 is 0.894 bits per heavy atom. The van der Waals surface area contributed by atoms with Gasteiger partial charge in [0.2, 0.25) is 5.95 Å². The van der Waals surface area contributed by atoms with Crippen molar-refractivity contribution in [2.45, 2.75) is 66.1 Å². The van der Waals surface area contributed by atoms with Crippen molar-refractivity contribution < 1.29 is 37.0 Å². The van der Waals surface area contributed by atoms with Gasteiger partial charge in [0, 0.05) is 23.7 Å². The molecule has 0 radical (unpaired) electrons. The van der Waals surface area contributed by atoms with Crippen molar-refractivity contribution in [3.63, 3.8) is 0 Å². The number of benzene rings is 3. The molecule has 0 fully saturated rings. The van der Waals surface area contributed by atoms with Gasteiger partial charge in [0.05, 0.1) is 5.69 Å². The van der Waals surface area contributed by atoms with Crippen LogP contribution in [0.1, 0.15) is 66.5 Å². The zero-order valence-electron chi connectivity index (χ0n) is 26.7. The lowest BCUT2D eigenvalue weighted by Crippen LogP contribution is -2.40. The Morgan fingerprint density at radius 3 is 2.11 bits per heavy atom. The fourth-order valence-corrected chi connectivity index (χ4v) is 4.32. The number of nitrogens with zero attached hydrogens (tertiary/aromatic N) is 4. The van der Waals surface area contributed by atoms with E-state index in [1.807, 2.05) is 13.8 Å². The van der Waals surface area contributed by atoms with Gasteiger partial charge in [0.1, 0.15) is 11.4 Å². The topological polar surface area (TPSA) is 128 Å². The molecule has 248 valence electrons. The van der Waals surface area contributed by atoms with E-state index in [4.69, 9.17) is 4.74 Å². The summed E-state index contributed by atoms with van der Waals surface area (Å²) in [5.41, 5.74) is 1.67. The minimum atomic E-state index is -4.87. The SMILES string of the molecule is Cc1ccccc1C(=O)Nc1nc(NC(=O)c2ccc(CN(C(=O)OC(C)(C)C)C(C)C)cc2)nn1-c1ccc(OC(F)(F)F)cc1. The summed E-state index contributed by atoms with van der Waals surface area (Å²) in [5, 5.41) is 9.52. The summed E-state index contributed by atoms with van der Waals surface area (Å²) in [5.74, 6) is -1.79. The van der Waals surface area contributed by atoms with Crippen LogP contribution in [0.25, 0.3) is 5.69 Å². The highest BCUT2D eigenvalue weighted by Crippen LogP contribution is 2.25. The summed E-state index contributed by atoms with van der Waals surface area (Å²) in [6.45, 7) is 11.1. The molecule has 11 nitrogen and oxygen atoms in total. The average molecular weight is 653 g/mol. The molecule has 0 bridgehead atoms. The summed E-state index contributed by atoms with van der Waals surface area (Å²) in [4.78, 5) is 44.8. The van der Waals surface area contributed by atoms with Gasteiger partial charge in [0.15, 0.2) is 0 Å². The molecule has 3 aromatic carbocycles. The Morgan fingerprint density at radius 2 is 1.53 bits per heavy atom. The molecule has 3 amide bonds. The Kier molecular flexibility index (Phi) is 10.2. The Balaban J connectivity index is 1.55. The van der Waals surface area contributed by atoms with Crippen molar-refractivity contribution in [2.24, 2.45) is 0 Å². The van der Waals surface area contributed by atoms with Crippen molar-refractivity contribution >= 4 is 29.8 Å². The van der Waals surface area contributed by atoms with Crippen LogP contribution in [0.3, 0.4) is 0 Å². The smallest absolute Gasteiger partial charge is 0.444 e. The number of alkyl halides is 3. The predicted molar refractivity (Wildman–Crippen MR) is 168 cm³/mol. The van der Waals surface area contributed by atoms with Crippen molar-refractivity contribution in [3.05, 3.63) is 95.1 Å². The van der Waals surface area contributed by atoms with Crippen molar-refractivity contribution in [1.29, 1.82) is 0 Å². The van der Waals surface area contributed by atoms with Crippen molar-refractivity contribution in [2.75, 3.05) is 10.6 Å².